The first-order valence-corrected chi connectivity index (χ1v) is 8.57. The summed E-state index contributed by atoms with van der Waals surface area (Å²) in [7, 11) is -2.83. The molecule has 1 aliphatic rings. The van der Waals surface area contributed by atoms with Crippen LogP contribution in [-0.2, 0) is 16.3 Å². The molecule has 1 saturated heterocycles. The summed E-state index contributed by atoms with van der Waals surface area (Å²) < 4.78 is 28.3. The molecule has 0 radical (unpaired) electrons. The normalized spacial score (nSPS) is 24.2. The molecule has 0 amide bonds. The first kappa shape index (κ1) is 14.6. The molecule has 1 aromatic rings. The maximum Gasteiger partial charge on any atom is 0.153 e. The van der Waals surface area contributed by atoms with E-state index in [1.807, 2.05) is 12.1 Å². The van der Waals surface area contributed by atoms with Gasteiger partial charge in [0.15, 0.2) is 9.84 Å². The molecule has 1 aliphatic heterocycles. The van der Waals surface area contributed by atoms with Crippen LogP contribution in [-0.4, -0.2) is 45.1 Å². The standard InChI is InChI=1S/C13H22N2O3S/c1-11(9-13-3-2-7-18-13)14-5-4-12-10-19(16,17)8-6-15-12/h2-3,7,11-12,14-15H,4-6,8-10H2,1H3. The molecule has 2 rings (SSSR count). The third-order valence-corrected chi connectivity index (χ3v) is 5.11. The molecule has 2 atom stereocenters. The van der Waals surface area contributed by atoms with Gasteiger partial charge in [0.25, 0.3) is 0 Å². The van der Waals surface area contributed by atoms with Crippen LogP contribution in [0.25, 0.3) is 0 Å². The second-order valence-corrected chi connectivity index (χ2v) is 7.42. The van der Waals surface area contributed by atoms with Crippen LogP contribution in [0.2, 0.25) is 0 Å². The van der Waals surface area contributed by atoms with E-state index in [2.05, 4.69) is 17.6 Å². The molecule has 0 aromatic carbocycles. The predicted octanol–water partition coefficient (Wildman–Crippen LogP) is 0.577. The fraction of sp³-hybridized carbons (Fsp3) is 0.692. The molecular formula is C13H22N2O3S. The molecule has 1 aromatic heterocycles. The van der Waals surface area contributed by atoms with Crippen molar-refractivity contribution in [2.45, 2.75) is 31.8 Å². The minimum Gasteiger partial charge on any atom is -0.469 e. The van der Waals surface area contributed by atoms with E-state index in [9.17, 15) is 8.42 Å². The second kappa shape index (κ2) is 6.54. The molecule has 2 heterocycles. The molecule has 0 bridgehead atoms. The molecule has 2 unspecified atom stereocenters. The average molecular weight is 286 g/mol. The van der Waals surface area contributed by atoms with Crippen molar-refractivity contribution in [2.75, 3.05) is 24.6 Å². The summed E-state index contributed by atoms with van der Waals surface area (Å²) in [5, 5.41) is 6.66. The van der Waals surface area contributed by atoms with Gasteiger partial charge >= 0.3 is 0 Å². The number of rotatable bonds is 6. The maximum atomic E-state index is 11.5. The highest BCUT2D eigenvalue weighted by atomic mass is 32.2. The van der Waals surface area contributed by atoms with Gasteiger partial charge in [-0.25, -0.2) is 8.42 Å². The summed E-state index contributed by atoms with van der Waals surface area (Å²) in [6.45, 7) is 3.50. The molecule has 0 saturated carbocycles. The van der Waals surface area contributed by atoms with E-state index >= 15 is 0 Å². The molecule has 108 valence electrons. The number of nitrogens with one attached hydrogen (secondary N) is 2. The van der Waals surface area contributed by atoms with Crippen molar-refractivity contribution in [1.82, 2.24) is 10.6 Å². The van der Waals surface area contributed by atoms with Crippen LogP contribution in [0.4, 0.5) is 0 Å². The molecular weight excluding hydrogens is 264 g/mol. The Morgan fingerprint density at radius 3 is 3.11 bits per heavy atom. The zero-order valence-corrected chi connectivity index (χ0v) is 12.1. The lowest BCUT2D eigenvalue weighted by Crippen LogP contribution is -2.46. The highest BCUT2D eigenvalue weighted by molar-refractivity contribution is 7.91. The van der Waals surface area contributed by atoms with Crippen molar-refractivity contribution in [3.05, 3.63) is 24.2 Å². The first-order chi connectivity index (χ1) is 9.05. The smallest absolute Gasteiger partial charge is 0.153 e. The number of sulfone groups is 1. The first-order valence-electron chi connectivity index (χ1n) is 6.75. The monoisotopic (exact) mass is 286 g/mol. The number of hydrogen-bond donors (Lipinski definition) is 2. The Bertz CT molecular complexity index is 470. The Labute approximate surface area is 114 Å². The lowest BCUT2D eigenvalue weighted by Gasteiger charge is -2.24. The van der Waals surface area contributed by atoms with Gasteiger partial charge in [0.2, 0.25) is 0 Å². The van der Waals surface area contributed by atoms with Crippen molar-refractivity contribution in [2.24, 2.45) is 0 Å². The molecule has 19 heavy (non-hydrogen) atoms. The Hall–Kier alpha value is -0.850. The largest absolute Gasteiger partial charge is 0.469 e. The van der Waals surface area contributed by atoms with Gasteiger partial charge in [0, 0.05) is 25.0 Å². The van der Waals surface area contributed by atoms with E-state index < -0.39 is 9.84 Å². The Kier molecular flexibility index (Phi) is 5.01. The van der Waals surface area contributed by atoms with Gasteiger partial charge < -0.3 is 15.1 Å². The summed E-state index contributed by atoms with van der Waals surface area (Å²) >= 11 is 0. The number of furan rings is 1. The van der Waals surface area contributed by atoms with Crippen LogP contribution in [0.5, 0.6) is 0 Å². The zero-order valence-electron chi connectivity index (χ0n) is 11.3. The van der Waals surface area contributed by atoms with Crippen LogP contribution in [0.1, 0.15) is 19.1 Å². The van der Waals surface area contributed by atoms with E-state index in [0.717, 1.165) is 25.1 Å². The minimum absolute atomic E-state index is 0.0852. The van der Waals surface area contributed by atoms with Crippen molar-refractivity contribution in [3.8, 4) is 0 Å². The summed E-state index contributed by atoms with van der Waals surface area (Å²) in [6.07, 6.45) is 3.37. The van der Waals surface area contributed by atoms with Crippen molar-refractivity contribution < 1.29 is 12.8 Å². The Morgan fingerprint density at radius 1 is 1.58 bits per heavy atom. The van der Waals surface area contributed by atoms with Crippen molar-refractivity contribution >= 4 is 9.84 Å². The predicted molar refractivity (Wildman–Crippen MR) is 74.9 cm³/mol. The maximum absolute atomic E-state index is 11.5. The fourth-order valence-corrected chi connectivity index (χ4v) is 3.85. The fourth-order valence-electron chi connectivity index (χ4n) is 2.36. The Balaban J connectivity index is 1.66. The highest BCUT2D eigenvalue weighted by Gasteiger charge is 2.23. The SMILES string of the molecule is CC(Cc1ccco1)NCCC1CS(=O)(=O)CCN1. The van der Waals surface area contributed by atoms with Gasteiger partial charge in [0.05, 0.1) is 17.8 Å². The third-order valence-electron chi connectivity index (χ3n) is 3.37. The quantitative estimate of drug-likeness (QED) is 0.800. The molecule has 0 spiro atoms. The zero-order chi connectivity index (χ0) is 13.7. The summed E-state index contributed by atoms with van der Waals surface area (Å²) in [4.78, 5) is 0. The lowest BCUT2D eigenvalue weighted by atomic mass is 10.1. The van der Waals surface area contributed by atoms with E-state index in [1.54, 1.807) is 6.26 Å². The van der Waals surface area contributed by atoms with E-state index in [-0.39, 0.29) is 17.5 Å². The van der Waals surface area contributed by atoms with Crippen LogP contribution in [0, 0.1) is 0 Å². The van der Waals surface area contributed by atoms with Gasteiger partial charge in [0.1, 0.15) is 5.76 Å². The Morgan fingerprint density at radius 2 is 2.42 bits per heavy atom. The van der Waals surface area contributed by atoms with E-state index in [0.29, 0.717) is 12.6 Å². The highest BCUT2D eigenvalue weighted by Crippen LogP contribution is 2.06. The average Bonchev–Trinajstić information content (AvgIpc) is 2.80. The lowest BCUT2D eigenvalue weighted by molar-refractivity contribution is 0.432. The number of hydrogen-bond acceptors (Lipinski definition) is 5. The minimum atomic E-state index is -2.83. The topological polar surface area (TPSA) is 71.3 Å². The van der Waals surface area contributed by atoms with E-state index in [1.165, 1.54) is 0 Å². The summed E-state index contributed by atoms with van der Waals surface area (Å²) in [5.74, 6) is 1.51. The second-order valence-electron chi connectivity index (χ2n) is 5.19. The van der Waals surface area contributed by atoms with Crippen LogP contribution >= 0.6 is 0 Å². The van der Waals surface area contributed by atoms with Crippen molar-refractivity contribution in [1.29, 1.82) is 0 Å². The van der Waals surface area contributed by atoms with Crippen molar-refractivity contribution in [3.63, 3.8) is 0 Å². The molecule has 6 heteroatoms. The molecule has 2 N–H and O–H groups in total. The van der Waals surface area contributed by atoms with E-state index in [4.69, 9.17) is 4.42 Å². The van der Waals surface area contributed by atoms with Crippen LogP contribution in [0.3, 0.4) is 0 Å². The molecule has 5 nitrogen and oxygen atoms in total. The molecule has 0 aliphatic carbocycles. The third kappa shape index (κ3) is 4.97. The summed E-state index contributed by atoms with van der Waals surface area (Å²) in [5.41, 5.74) is 0. The summed E-state index contributed by atoms with van der Waals surface area (Å²) in [6, 6.07) is 4.26. The van der Waals surface area contributed by atoms with Crippen LogP contribution < -0.4 is 10.6 Å². The van der Waals surface area contributed by atoms with Gasteiger partial charge in [-0.2, -0.15) is 0 Å². The van der Waals surface area contributed by atoms with Gasteiger partial charge in [-0.1, -0.05) is 0 Å². The van der Waals surface area contributed by atoms with Gasteiger partial charge in [-0.15, -0.1) is 0 Å². The molecule has 1 fully saturated rings. The van der Waals surface area contributed by atoms with Gasteiger partial charge in [-0.05, 0) is 32.0 Å². The van der Waals surface area contributed by atoms with Gasteiger partial charge in [-0.3, -0.25) is 0 Å². The van der Waals surface area contributed by atoms with Crippen LogP contribution in [0.15, 0.2) is 22.8 Å².